The topological polar surface area (TPSA) is 66.8 Å². The minimum atomic E-state index is -0.833. The Hall–Kier alpha value is -0.870. The zero-order chi connectivity index (χ0) is 7.98. The van der Waals surface area contributed by atoms with Crippen LogP contribution in [0.25, 0.3) is 0 Å². The highest BCUT2D eigenvalue weighted by atomic mass is 17.1. The molecule has 0 heterocycles. The summed E-state index contributed by atoms with van der Waals surface area (Å²) in [5.74, 6) is -0.833. The van der Waals surface area contributed by atoms with Crippen LogP contribution < -0.4 is 0 Å². The minimum Gasteiger partial charge on any atom is -0.393 e. The minimum absolute atomic E-state index is 0.370. The van der Waals surface area contributed by atoms with Crippen molar-refractivity contribution in [2.24, 2.45) is 0 Å². The molecule has 0 amide bonds. The van der Waals surface area contributed by atoms with Gasteiger partial charge in [-0.15, -0.1) is 0 Å². The van der Waals surface area contributed by atoms with Gasteiger partial charge in [0.25, 0.3) is 0 Å². The van der Waals surface area contributed by atoms with E-state index in [9.17, 15) is 4.79 Å². The molecule has 0 saturated carbocycles. The molecule has 10 heavy (non-hydrogen) atoms. The molecule has 0 rings (SSSR count). The highest BCUT2D eigenvalue weighted by molar-refractivity contribution is 5.81. The van der Waals surface area contributed by atoms with Crippen molar-refractivity contribution in [2.75, 3.05) is 0 Å². The number of carbonyl (C=O) groups is 1. The Kier molecular flexibility index (Phi) is 4.53. The van der Waals surface area contributed by atoms with E-state index in [-0.39, 0.29) is 0 Å². The van der Waals surface area contributed by atoms with Crippen molar-refractivity contribution in [3.63, 3.8) is 0 Å². The van der Waals surface area contributed by atoms with E-state index in [0.717, 1.165) is 6.08 Å². The van der Waals surface area contributed by atoms with Gasteiger partial charge in [0.05, 0.1) is 6.10 Å². The van der Waals surface area contributed by atoms with Gasteiger partial charge in [0.1, 0.15) is 0 Å². The fourth-order valence-electron chi connectivity index (χ4n) is 0.392. The molecule has 0 aromatic heterocycles. The van der Waals surface area contributed by atoms with Crippen molar-refractivity contribution < 1.29 is 20.0 Å². The van der Waals surface area contributed by atoms with E-state index >= 15 is 0 Å². The highest BCUT2D eigenvalue weighted by Crippen LogP contribution is 1.90. The Morgan fingerprint density at radius 3 is 2.80 bits per heavy atom. The smallest absolute Gasteiger partial charge is 0.365 e. The van der Waals surface area contributed by atoms with Gasteiger partial charge < -0.3 is 5.11 Å². The van der Waals surface area contributed by atoms with E-state index in [1.807, 2.05) is 0 Å². The second-order valence-corrected chi connectivity index (χ2v) is 1.90. The largest absolute Gasteiger partial charge is 0.393 e. The lowest BCUT2D eigenvalue weighted by molar-refractivity contribution is -0.228. The van der Waals surface area contributed by atoms with Crippen LogP contribution in [0.2, 0.25) is 0 Å². The molecule has 0 aliphatic rings. The predicted octanol–water partition coefficient (Wildman–Crippen LogP) is 0.330. The maximum atomic E-state index is 10.2. The van der Waals surface area contributed by atoms with E-state index < -0.39 is 12.1 Å². The third kappa shape index (κ3) is 5.27. The predicted molar refractivity (Wildman–Crippen MR) is 34.2 cm³/mol. The van der Waals surface area contributed by atoms with Gasteiger partial charge in [-0.25, -0.2) is 4.79 Å². The first-order chi connectivity index (χ1) is 4.66. The number of aliphatic hydroxyl groups is 1. The van der Waals surface area contributed by atoms with Gasteiger partial charge in [0.2, 0.25) is 0 Å². The van der Waals surface area contributed by atoms with Crippen LogP contribution in [-0.2, 0) is 9.68 Å². The van der Waals surface area contributed by atoms with Gasteiger partial charge >= 0.3 is 5.97 Å². The first-order valence-electron chi connectivity index (χ1n) is 2.86. The number of aliphatic hydroxyl groups excluding tert-OH is 1. The van der Waals surface area contributed by atoms with Crippen molar-refractivity contribution >= 4 is 5.97 Å². The zero-order valence-electron chi connectivity index (χ0n) is 5.65. The summed E-state index contributed by atoms with van der Waals surface area (Å²) >= 11 is 0. The third-order valence-corrected chi connectivity index (χ3v) is 0.821. The molecule has 4 heteroatoms. The lowest BCUT2D eigenvalue weighted by Crippen LogP contribution is -1.98. The Balaban J connectivity index is 3.46. The molecule has 0 aliphatic heterocycles. The molecule has 0 spiro atoms. The van der Waals surface area contributed by atoms with Crippen molar-refractivity contribution in [3.05, 3.63) is 12.2 Å². The van der Waals surface area contributed by atoms with Crippen molar-refractivity contribution in [3.8, 4) is 0 Å². The van der Waals surface area contributed by atoms with Crippen LogP contribution >= 0.6 is 0 Å². The van der Waals surface area contributed by atoms with Crippen LogP contribution in [0.1, 0.15) is 13.3 Å². The van der Waals surface area contributed by atoms with E-state index in [2.05, 4.69) is 4.89 Å². The van der Waals surface area contributed by atoms with E-state index in [1.165, 1.54) is 6.08 Å². The summed E-state index contributed by atoms with van der Waals surface area (Å²) in [6.45, 7) is 1.59. The normalized spacial score (nSPS) is 13.5. The molecule has 0 fully saturated rings. The van der Waals surface area contributed by atoms with Gasteiger partial charge in [-0.3, -0.25) is 4.89 Å². The van der Waals surface area contributed by atoms with E-state index in [4.69, 9.17) is 10.4 Å². The molecule has 0 aromatic rings. The average Bonchev–Trinajstić information content (AvgIpc) is 1.87. The fraction of sp³-hybridized carbons (Fsp3) is 0.500. The summed E-state index contributed by atoms with van der Waals surface area (Å²) in [6, 6.07) is 0. The first-order valence-corrected chi connectivity index (χ1v) is 2.86. The maximum absolute atomic E-state index is 10.2. The number of hydrogen-bond donors (Lipinski definition) is 2. The fourth-order valence-corrected chi connectivity index (χ4v) is 0.392. The molecule has 0 aliphatic carbocycles. The van der Waals surface area contributed by atoms with Crippen molar-refractivity contribution in [2.45, 2.75) is 19.4 Å². The summed E-state index contributed by atoms with van der Waals surface area (Å²) in [5.41, 5.74) is 0. The van der Waals surface area contributed by atoms with Gasteiger partial charge in [-0.2, -0.15) is 5.26 Å². The zero-order valence-corrected chi connectivity index (χ0v) is 5.65. The van der Waals surface area contributed by atoms with Gasteiger partial charge in [0.15, 0.2) is 0 Å². The Labute approximate surface area is 58.7 Å². The van der Waals surface area contributed by atoms with Crippen LogP contribution in [-0.4, -0.2) is 22.4 Å². The highest BCUT2D eigenvalue weighted by Gasteiger charge is 1.93. The number of carbonyl (C=O) groups excluding carboxylic acids is 1. The van der Waals surface area contributed by atoms with Crippen LogP contribution in [0.4, 0.5) is 0 Å². The van der Waals surface area contributed by atoms with Crippen LogP contribution in [0.5, 0.6) is 0 Å². The lowest BCUT2D eigenvalue weighted by Gasteiger charge is -1.94. The summed E-state index contributed by atoms with van der Waals surface area (Å²) in [4.78, 5) is 13.5. The van der Waals surface area contributed by atoms with Crippen molar-refractivity contribution in [1.29, 1.82) is 0 Å². The van der Waals surface area contributed by atoms with E-state index in [1.54, 1.807) is 6.92 Å². The summed E-state index contributed by atoms with van der Waals surface area (Å²) in [7, 11) is 0. The molecule has 4 nitrogen and oxygen atoms in total. The molecule has 2 N–H and O–H groups in total. The standard InChI is InChI=1S/C6H10O4/c1-5(7)3-2-4-6(8)10-9/h2,4-5,7,9H,3H2,1H3. The molecule has 58 valence electrons. The second-order valence-electron chi connectivity index (χ2n) is 1.90. The Morgan fingerprint density at radius 2 is 2.40 bits per heavy atom. The Morgan fingerprint density at radius 1 is 1.80 bits per heavy atom. The first kappa shape index (κ1) is 9.13. The number of rotatable bonds is 3. The van der Waals surface area contributed by atoms with Gasteiger partial charge in [-0.05, 0) is 13.3 Å². The summed E-state index contributed by atoms with van der Waals surface area (Å²) in [6.07, 6.45) is 2.35. The number of hydrogen-bond acceptors (Lipinski definition) is 4. The third-order valence-electron chi connectivity index (χ3n) is 0.821. The van der Waals surface area contributed by atoms with Crippen LogP contribution in [0.15, 0.2) is 12.2 Å². The summed E-state index contributed by atoms with van der Waals surface area (Å²) in [5, 5.41) is 16.4. The molecule has 0 radical (unpaired) electrons. The average molecular weight is 146 g/mol. The quantitative estimate of drug-likeness (QED) is 0.342. The monoisotopic (exact) mass is 146 g/mol. The molecule has 1 atom stereocenters. The van der Waals surface area contributed by atoms with Gasteiger partial charge in [0, 0.05) is 6.08 Å². The van der Waals surface area contributed by atoms with Crippen LogP contribution in [0.3, 0.4) is 0 Å². The van der Waals surface area contributed by atoms with Crippen molar-refractivity contribution in [1.82, 2.24) is 0 Å². The SMILES string of the molecule is CC(O)CC=CC(=O)OO. The molecule has 0 bridgehead atoms. The molecule has 0 saturated heterocycles. The lowest BCUT2D eigenvalue weighted by atomic mass is 10.3. The van der Waals surface area contributed by atoms with E-state index in [0.29, 0.717) is 6.42 Å². The summed E-state index contributed by atoms with van der Waals surface area (Å²) < 4.78 is 0. The van der Waals surface area contributed by atoms with Gasteiger partial charge in [-0.1, -0.05) is 6.08 Å². The van der Waals surface area contributed by atoms with Crippen LogP contribution in [0, 0.1) is 0 Å². The molecular weight excluding hydrogens is 136 g/mol. The molecule has 0 aromatic carbocycles. The molecular formula is C6H10O4. The maximum Gasteiger partial charge on any atom is 0.365 e. The molecule has 1 unspecified atom stereocenters. The second kappa shape index (κ2) is 4.96. The Bertz CT molecular complexity index is 128.